The number of hydrogen-bond donors (Lipinski definition) is 2. The largest absolute Gasteiger partial charge is 0.462 e. The molecule has 0 radical (unpaired) electrons. The van der Waals surface area contributed by atoms with Crippen LogP contribution in [0.15, 0.2) is 66.7 Å². The molecule has 3 heterocycles. The van der Waals surface area contributed by atoms with Gasteiger partial charge in [0.05, 0.1) is 17.7 Å². The molecule has 3 aromatic rings. The zero-order chi connectivity index (χ0) is 37.0. The summed E-state index contributed by atoms with van der Waals surface area (Å²) in [5.74, 6) is -6.87. The van der Waals surface area contributed by atoms with Crippen LogP contribution in [0.2, 0.25) is 0 Å². The summed E-state index contributed by atoms with van der Waals surface area (Å²) >= 11 is 5.24. The first-order valence-electron chi connectivity index (χ1n) is 17.3. The third-order valence-corrected chi connectivity index (χ3v) is 15.4. The van der Waals surface area contributed by atoms with Crippen LogP contribution in [0.5, 0.6) is 5.75 Å². The molecule has 9 atom stereocenters. The van der Waals surface area contributed by atoms with Crippen molar-refractivity contribution in [2.75, 3.05) is 6.61 Å². The summed E-state index contributed by atoms with van der Waals surface area (Å²) in [6, 6.07) is 14.9. The lowest BCUT2D eigenvalue weighted by molar-refractivity contribution is -0.457. The van der Waals surface area contributed by atoms with E-state index in [9.17, 15) is 29.4 Å². The number of benzene rings is 2. The molecule has 2 N–H and O–H groups in total. The maximum atomic E-state index is 14.6. The second kappa shape index (κ2) is 12.2. The Morgan fingerprint density at radius 3 is 2.33 bits per heavy atom. The number of ether oxygens (including phenoxy) is 4. The lowest BCUT2D eigenvalue weighted by Gasteiger charge is -2.74. The molecule has 9 rings (SSSR count). The van der Waals surface area contributed by atoms with E-state index in [0.717, 1.165) is 14.3 Å². The van der Waals surface area contributed by atoms with Gasteiger partial charge >= 0.3 is 17.9 Å². The summed E-state index contributed by atoms with van der Waals surface area (Å²) in [6.07, 6.45) is -1.67. The Morgan fingerprint density at radius 1 is 0.981 bits per heavy atom. The second-order valence-electron chi connectivity index (χ2n) is 15.4. The van der Waals surface area contributed by atoms with E-state index in [0.29, 0.717) is 25.7 Å². The van der Waals surface area contributed by atoms with Crippen molar-refractivity contribution in [3.8, 4) is 16.2 Å². The van der Waals surface area contributed by atoms with E-state index in [1.807, 2.05) is 32.0 Å². The van der Waals surface area contributed by atoms with Gasteiger partial charge in [0.1, 0.15) is 33.3 Å². The number of hydrogen-bond acceptors (Lipinski definition) is 13. The quantitative estimate of drug-likeness (QED) is 0.0928. The number of carbonyl (C=O) groups excluding carboxylic acids is 4. The molecule has 13 heteroatoms. The number of aliphatic hydroxyl groups excluding tert-OH is 1. The maximum absolute atomic E-state index is 14.6. The Kier molecular flexibility index (Phi) is 8.33. The first kappa shape index (κ1) is 35.4. The van der Waals surface area contributed by atoms with Crippen LogP contribution in [0, 0.1) is 37.8 Å². The Balaban J connectivity index is 1.14. The van der Waals surface area contributed by atoms with Crippen molar-refractivity contribution in [2.24, 2.45) is 34.0 Å². The first-order valence-corrected chi connectivity index (χ1v) is 19.9. The minimum Gasteiger partial charge on any atom is -0.462 e. The Hall–Kier alpha value is -3.59. The standard InChI is InChI=1S/C39H38O10S3/c1-19-23-13-14-27-37-18-46-39(45,32(42)30(37)36(3,4)16-15-28(37)47-20(2)40)38(27,31(19)41)33(23)49-35(44)25-8-6-5-7-24(25)34(43)48-22-11-9-21(10-12-22)26-17-29(50)52-51-26/h5-12,17,23,27-28,30,32-33,42,45H,1,13-16,18H2,2-4H3/t23-,27-,28-,30+,32-,33+,37+,38-,39+/m0/s1. The lowest BCUT2D eigenvalue weighted by Crippen LogP contribution is -2.86. The maximum Gasteiger partial charge on any atom is 0.344 e. The lowest BCUT2D eigenvalue weighted by atomic mass is 9.35. The zero-order valence-corrected chi connectivity index (χ0v) is 31.2. The average molecular weight is 763 g/mol. The van der Waals surface area contributed by atoms with Crippen LogP contribution in [0.25, 0.3) is 10.4 Å². The van der Waals surface area contributed by atoms with Gasteiger partial charge in [-0.2, -0.15) is 0 Å². The summed E-state index contributed by atoms with van der Waals surface area (Å²) in [7, 11) is 3.06. The molecule has 272 valence electrons. The number of rotatable bonds is 6. The minimum atomic E-state index is -2.43. The highest BCUT2D eigenvalue weighted by Crippen LogP contribution is 2.77. The van der Waals surface area contributed by atoms with Crippen molar-refractivity contribution < 1.29 is 48.3 Å². The molecule has 2 saturated heterocycles. The van der Waals surface area contributed by atoms with Crippen molar-refractivity contribution in [3.05, 3.63) is 81.7 Å². The summed E-state index contributed by atoms with van der Waals surface area (Å²) in [5.41, 5.74) is -2.58. The van der Waals surface area contributed by atoms with E-state index in [1.165, 1.54) is 29.4 Å². The van der Waals surface area contributed by atoms with E-state index in [4.69, 9.17) is 31.2 Å². The highest BCUT2D eigenvalue weighted by atomic mass is 32.9. The number of aliphatic hydroxyl groups is 2. The number of carbonyl (C=O) groups is 4. The fourth-order valence-corrected chi connectivity index (χ4v) is 13.0. The molecule has 4 bridgehead atoms. The molecule has 2 spiro atoms. The molecule has 1 aromatic heterocycles. The van der Waals surface area contributed by atoms with Crippen molar-refractivity contribution in [2.45, 2.75) is 70.6 Å². The molecule has 4 saturated carbocycles. The SMILES string of the molecule is C=C1C(=O)[C@]23[C@H](OC(=O)c4ccccc4C(=O)Oc4ccc(-c5cc(=S)ss5)cc4)[C@H]1CC[C@H]2[C@@]12CO[C@]3(O)[C@@H](O)[C@@H]1C(C)(C)CC[C@@H]2OC(C)=O. The van der Waals surface area contributed by atoms with Crippen molar-refractivity contribution >= 4 is 56.6 Å². The normalized spacial score (nSPS) is 35.3. The fraction of sp³-hybridized carbons (Fsp3) is 0.462. The van der Waals surface area contributed by atoms with Gasteiger partial charge in [-0.3, -0.25) is 9.59 Å². The van der Waals surface area contributed by atoms with Gasteiger partial charge in [-0.1, -0.05) is 65.5 Å². The van der Waals surface area contributed by atoms with Crippen LogP contribution in [-0.4, -0.2) is 64.6 Å². The second-order valence-corrected chi connectivity index (χ2v) is 18.3. The van der Waals surface area contributed by atoms with Gasteiger partial charge in [-0.15, -0.1) is 0 Å². The topological polar surface area (TPSA) is 146 Å². The molecule has 6 fully saturated rings. The summed E-state index contributed by atoms with van der Waals surface area (Å²) in [4.78, 5) is 55.9. The van der Waals surface area contributed by atoms with Crippen molar-refractivity contribution in [1.82, 2.24) is 0 Å². The van der Waals surface area contributed by atoms with E-state index in [2.05, 4.69) is 6.58 Å². The Labute approximate surface area is 312 Å². The summed E-state index contributed by atoms with van der Waals surface area (Å²) < 4.78 is 24.9. The predicted molar refractivity (Wildman–Crippen MR) is 193 cm³/mol. The predicted octanol–water partition coefficient (Wildman–Crippen LogP) is 6.55. The monoisotopic (exact) mass is 762 g/mol. The highest BCUT2D eigenvalue weighted by molar-refractivity contribution is 7.80. The van der Waals surface area contributed by atoms with Crippen LogP contribution >= 0.6 is 32.9 Å². The Bertz CT molecular complexity index is 2080. The Morgan fingerprint density at radius 2 is 1.67 bits per heavy atom. The first-order chi connectivity index (χ1) is 24.7. The number of ketones is 1. The van der Waals surface area contributed by atoms with Crippen LogP contribution in [0.4, 0.5) is 0 Å². The smallest absolute Gasteiger partial charge is 0.344 e. The van der Waals surface area contributed by atoms with Crippen LogP contribution < -0.4 is 4.74 Å². The molecule has 2 aromatic carbocycles. The molecular formula is C39H38O10S3. The van der Waals surface area contributed by atoms with E-state index in [-0.39, 0.29) is 29.1 Å². The number of esters is 3. The molecule has 10 nitrogen and oxygen atoms in total. The van der Waals surface area contributed by atoms with Gasteiger partial charge in [0, 0.05) is 29.1 Å². The number of Topliss-reactive ketones (excluding diaryl/α,β-unsaturated/α-hetero) is 1. The molecule has 0 unspecified atom stereocenters. The van der Waals surface area contributed by atoms with Gasteiger partial charge in [0.25, 0.3) is 0 Å². The van der Waals surface area contributed by atoms with Crippen molar-refractivity contribution in [3.63, 3.8) is 0 Å². The summed E-state index contributed by atoms with van der Waals surface area (Å²) in [5, 5.41) is 24.8. The highest BCUT2D eigenvalue weighted by Gasteiger charge is 2.88. The van der Waals surface area contributed by atoms with E-state index in [1.54, 1.807) is 34.6 Å². The third kappa shape index (κ3) is 4.79. The average Bonchev–Trinajstić information content (AvgIpc) is 3.59. The molecule has 6 aliphatic rings. The molecule has 4 aliphatic carbocycles. The zero-order valence-electron chi connectivity index (χ0n) is 28.8. The molecular weight excluding hydrogens is 725 g/mol. The van der Waals surface area contributed by atoms with Gasteiger partial charge in [-0.25, -0.2) is 9.59 Å². The van der Waals surface area contributed by atoms with Crippen LogP contribution in [-0.2, 0) is 23.8 Å². The minimum absolute atomic E-state index is 0.0530. The fourth-order valence-electron chi connectivity index (χ4n) is 10.6. The molecule has 2 aliphatic heterocycles. The summed E-state index contributed by atoms with van der Waals surface area (Å²) in [6.45, 7) is 9.38. The molecule has 52 heavy (non-hydrogen) atoms. The van der Waals surface area contributed by atoms with Crippen molar-refractivity contribution in [1.29, 1.82) is 0 Å². The van der Waals surface area contributed by atoms with Gasteiger partial charge in [0.15, 0.2) is 5.78 Å². The van der Waals surface area contributed by atoms with E-state index >= 15 is 0 Å². The van der Waals surface area contributed by atoms with Gasteiger partial charge in [-0.05, 0) is 90.6 Å². The van der Waals surface area contributed by atoms with Gasteiger partial charge in [0.2, 0.25) is 5.79 Å². The van der Waals surface area contributed by atoms with Crippen LogP contribution in [0.1, 0.15) is 67.2 Å². The number of fused-ring (bicyclic) bond motifs is 2. The van der Waals surface area contributed by atoms with Crippen LogP contribution in [0.3, 0.4) is 0 Å². The van der Waals surface area contributed by atoms with Gasteiger partial charge < -0.3 is 29.2 Å². The van der Waals surface area contributed by atoms with E-state index < -0.39 is 81.8 Å². The molecule has 0 amide bonds. The third-order valence-electron chi connectivity index (χ3n) is 12.5.